The van der Waals surface area contributed by atoms with Gasteiger partial charge >= 0.3 is 0 Å². The van der Waals surface area contributed by atoms with Gasteiger partial charge in [-0.15, -0.1) is 0 Å². The SMILES string of the molecule is CC(C)C1CCC(N2CCN(C(=O)[C@H]3CN(C(C)C)CC3(C)C)CC2)CC1. The Labute approximate surface area is 167 Å². The Kier molecular flexibility index (Phi) is 6.57. The number of nitrogens with zero attached hydrogens (tertiary/aromatic N) is 3. The fourth-order valence-electron chi connectivity index (χ4n) is 5.65. The van der Waals surface area contributed by atoms with Crippen molar-refractivity contribution in [2.45, 2.75) is 79.3 Å². The molecule has 2 saturated heterocycles. The molecular weight excluding hydrogens is 334 g/mol. The van der Waals surface area contributed by atoms with Crippen LogP contribution in [0.3, 0.4) is 0 Å². The van der Waals surface area contributed by atoms with Crippen molar-refractivity contribution in [2.24, 2.45) is 23.2 Å². The Bertz CT molecular complexity index is 500. The fourth-order valence-corrected chi connectivity index (χ4v) is 5.65. The molecule has 0 spiro atoms. The first-order valence-corrected chi connectivity index (χ1v) is 11.5. The molecule has 1 atom stereocenters. The maximum absolute atomic E-state index is 13.3. The number of carbonyl (C=O) groups excluding carboxylic acids is 1. The summed E-state index contributed by atoms with van der Waals surface area (Å²) in [6, 6.07) is 1.29. The number of hydrogen-bond donors (Lipinski definition) is 0. The monoisotopic (exact) mass is 377 g/mol. The van der Waals surface area contributed by atoms with Gasteiger partial charge in [0.2, 0.25) is 5.91 Å². The van der Waals surface area contributed by atoms with Crippen LogP contribution in [0.2, 0.25) is 0 Å². The quantitative estimate of drug-likeness (QED) is 0.747. The highest BCUT2D eigenvalue weighted by atomic mass is 16.2. The third-order valence-corrected chi connectivity index (χ3v) is 7.83. The second kappa shape index (κ2) is 8.41. The van der Waals surface area contributed by atoms with Crippen LogP contribution in [-0.2, 0) is 4.79 Å². The minimum absolute atomic E-state index is 0.0910. The van der Waals surface area contributed by atoms with Crippen molar-refractivity contribution >= 4 is 5.91 Å². The second-order valence-electron chi connectivity index (χ2n) is 10.7. The van der Waals surface area contributed by atoms with E-state index in [1.165, 1.54) is 25.7 Å². The third kappa shape index (κ3) is 4.70. The van der Waals surface area contributed by atoms with Crippen LogP contribution < -0.4 is 0 Å². The molecule has 0 radical (unpaired) electrons. The Morgan fingerprint density at radius 1 is 0.926 bits per heavy atom. The van der Waals surface area contributed by atoms with Crippen LogP contribution in [0, 0.1) is 23.2 Å². The van der Waals surface area contributed by atoms with Crippen LogP contribution >= 0.6 is 0 Å². The Hall–Kier alpha value is -0.610. The van der Waals surface area contributed by atoms with Gasteiger partial charge in [0.1, 0.15) is 0 Å². The van der Waals surface area contributed by atoms with Gasteiger partial charge in [0.05, 0.1) is 5.92 Å². The van der Waals surface area contributed by atoms with Gasteiger partial charge in [-0.25, -0.2) is 0 Å². The first-order valence-electron chi connectivity index (χ1n) is 11.5. The van der Waals surface area contributed by atoms with Crippen LogP contribution in [-0.4, -0.2) is 72.0 Å². The summed E-state index contributed by atoms with van der Waals surface area (Å²) in [7, 11) is 0. The summed E-state index contributed by atoms with van der Waals surface area (Å²) in [4.78, 5) is 20.6. The van der Waals surface area contributed by atoms with Crippen LogP contribution in [0.15, 0.2) is 0 Å². The predicted octanol–water partition coefficient (Wildman–Crippen LogP) is 3.71. The van der Waals surface area contributed by atoms with Gasteiger partial charge in [0, 0.05) is 51.4 Å². The third-order valence-electron chi connectivity index (χ3n) is 7.83. The zero-order chi connectivity index (χ0) is 19.8. The van der Waals surface area contributed by atoms with Crippen LogP contribution in [0.1, 0.15) is 67.2 Å². The molecule has 0 unspecified atom stereocenters. The summed E-state index contributed by atoms with van der Waals surface area (Å²) in [5.74, 6) is 2.33. The van der Waals surface area contributed by atoms with E-state index < -0.39 is 0 Å². The molecule has 0 bridgehead atoms. The van der Waals surface area contributed by atoms with Crippen LogP contribution in [0.4, 0.5) is 0 Å². The highest BCUT2D eigenvalue weighted by Crippen LogP contribution is 2.38. The lowest BCUT2D eigenvalue weighted by Gasteiger charge is -2.43. The van der Waals surface area contributed by atoms with E-state index in [-0.39, 0.29) is 11.3 Å². The maximum Gasteiger partial charge on any atom is 0.227 e. The van der Waals surface area contributed by atoms with Crippen molar-refractivity contribution in [3.8, 4) is 0 Å². The van der Waals surface area contributed by atoms with Crippen molar-refractivity contribution in [1.29, 1.82) is 0 Å². The normalized spacial score (nSPS) is 33.2. The van der Waals surface area contributed by atoms with E-state index >= 15 is 0 Å². The molecule has 0 aromatic rings. The number of piperazine rings is 1. The number of rotatable bonds is 4. The fraction of sp³-hybridized carbons (Fsp3) is 0.957. The molecule has 0 aromatic carbocycles. The van der Waals surface area contributed by atoms with Crippen molar-refractivity contribution in [3.05, 3.63) is 0 Å². The molecule has 156 valence electrons. The molecular formula is C23H43N3O. The van der Waals surface area contributed by atoms with E-state index in [1.54, 1.807) is 0 Å². The smallest absolute Gasteiger partial charge is 0.227 e. The van der Waals surface area contributed by atoms with E-state index in [4.69, 9.17) is 0 Å². The molecule has 27 heavy (non-hydrogen) atoms. The lowest BCUT2D eigenvalue weighted by atomic mass is 9.79. The molecule has 1 aliphatic carbocycles. The summed E-state index contributed by atoms with van der Waals surface area (Å²) in [6.45, 7) is 19.8. The molecule has 1 saturated carbocycles. The molecule has 0 N–H and O–H groups in total. The maximum atomic E-state index is 13.3. The topological polar surface area (TPSA) is 26.8 Å². The minimum Gasteiger partial charge on any atom is -0.340 e. The second-order valence-corrected chi connectivity index (χ2v) is 10.7. The van der Waals surface area contributed by atoms with E-state index in [9.17, 15) is 4.79 Å². The molecule has 3 rings (SSSR count). The largest absolute Gasteiger partial charge is 0.340 e. The average molecular weight is 378 g/mol. The molecule has 2 heterocycles. The van der Waals surface area contributed by atoms with E-state index in [1.807, 2.05) is 0 Å². The van der Waals surface area contributed by atoms with Gasteiger partial charge in [-0.2, -0.15) is 0 Å². The van der Waals surface area contributed by atoms with E-state index in [2.05, 4.69) is 56.2 Å². The standard InChI is InChI=1S/C23H43N3O/c1-17(2)19-7-9-20(10-8-19)24-11-13-25(14-12-24)22(27)21-15-26(18(3)4)16-23(21,5)6/h17-21H,7-16H2,1-6H3/t19?,20?,21-/m1/s1. The lowest BCUT2D eigenvalue weighted by Crippen LogP contribution is -2.54. The van der Waals surface area contributed by atoms with Gasteiger partial charge in [0.25, 0.3) is 0 Å². The first kappa shape index (κ1) is 21.1. The van der Waals surface area contributed by atoms with Gasteiger partial charge in [0.15, 0.2) is 0 Å². The molecule has 4 nitrogen and oxygen atoms in total. The molecule has 3 fully saturated rings. The molecule has 3 aliphatic rings. The average Bonchev–Trinajstić information content (AvgIpc) is 2.97. The number of amides is 1. The van der Waals surface area contributed by atoms with Gasteiger partial charge in [-0.1, -0.05) is 27.7 Å². The predicted molar refractivity (Wildman–Crippen MR) is 113 cm³/mol. The summed E-state index contributed by atoms with van der Waals surface area (Å²) in [5, 5.41) is 0. The van der Waals surface area contributed by atoms with Crippen LogP contribution in [0.25, 0.3) is 0 Å². The summed E-state index contributed by atoms with van der Waals surface area (Å²) in [6.07, 6.45) is 5.50. The van der Waals surface area contributed by atoms with Crippen molar-refractivity contribution < 1.29 is 4.79 Å². The zero-order valence-corrected chi connectivity index (χ0v) is 18.7. The van der Waals surface area contributed by atoms with E-state index in [0.29, 0.717) is 11.9 Å². The summed E-state index contributed by atoms with van der Waals surface area (Å²) >= 11 is 0. The highest BCUT2D eigenvalue weighted by Gasteiger charge is 2.46. The van der Waals surface area contributed by atoms with Gasteiger partial charge < -0.3 is 4.90 Å². The number of likely N-dealkylation sites (tertiary alicyclic amines) is 1. The lowest BCUT2D eigenvalue weighted by molar-refractivity contribution is -0.140. The number of carbonyl (C=O) groups is 1. The molecule has 2 aliphatic heterocycles. The molecule has 1 amide bonds. The minimum atomic E-state index is 0.0910. The first-order chi connectivity index (χ1) is 12.7. The summed E-state index contributed by atoms with van der Waals surface area (Å²) in [5.41, 5.74) is 0.0910. The Balaban J connectivity index is 1.50. The van der Waals surface area contributed by atoms with E-state index in [0.717, 1.165) is 57.1 Å². The zero-order valence-electron chi connectivity index (χ0n) is 18.7. The summed E-state index contributed by atoms with van der Waals surface area (Å²) < 4.78 is 0. The van der Waals surface area contributed by atoms with Crippen molar-refractivity contribution in [2.75, 3.05) is 39.3 Å². The Morgan fingerprint density at radius 2 is 1.52 bits per heavy atom. The highest BCUT2D eigenvalue weighted by molar-refractivity contribution is 5.80. The number of hydrogen-bond acceptors (Lipinski definition) is 3. The van der Waals surface area contributed by atoms with Crippen LogP contribution in [0.5, 0.6) is 0 Å². The van der Waals surface area contributed by atoms with Crippen molar-refractivity contribution in [3.63, 3.8) is 0 Å². The van der Waals surface area contributed by atoms with Gasteiger partial charge in [-0.05, 0) is 56.8 Å². The van der Waals surface area contributed by atoms with Gasteiger partial charge in [-0.3, -0.25) is 14.6 Å². The molecule has 0 aromatic heterocycles. The molecule has 4 heteroatoms. The van der Waals surface area contributed by atoms with Crippen molar-refractivity contribution in [1.82, 2.24) is 14.7 Å². The Morgan fingerprint density at radius 3 is 2.00 bits per heavy atom.